The number of hydrogen-bond donors (Lipinski definition) is 2. The van der Waals surface area contributed by atoms with Crippen LogP contribution in [-0.4, -0.2) is 29.2 Å². The van der Waals surface area contributed by atoms with E-state index in [1.165, 1.54) is 6.92 Å². The lowest BCUT2D eigenvalue weighted by molar-refractivity contribution is -0.135. The second kappa shape index (κ2) is 7.40. The zero-order valence-electron chi connectivity index (χ0n) is 12.7. The third-order valence-electron chi connectivity index (χ3n) is 3.22. The number of rotatable bonds is 6. The van der Waals surface area contributed by atoms with Gasteiger partial charge in [-0.05, 0) is 31.9 Å². The summed E-state index contributed by atoms with van der Waals surface area (Å²) in [4.78, 5) is 26.3. The first-order valence-corrected chi connectivity index (χ1v) is 7.17. The van der Waals surface area contributed by atoms with Gasteiger partial charge in [0.25, 0.3) is 0 Å². The van der Waals surface area contributed by atoms with Crippen LogP contribution in [0.5, 0.6) is 0 Å². The molecule has 1 amide bonds. The highest BCUT2D eigenvalue weighted by molar-refractivity contribution is 6.35. The molecule has 0 aliphatic carbocycles. The highest BCUT2D eigenvalue weighted by atomic mass is 16.5. The Morgan fingerprint density at radius 2 is 2.09 bits per heavy atom. The molecular weight excluding hydrogens is 282 g/mol. The zero-order chi connectivity index (χ0) is 15.9. The van der Waals surface area contributed by atoms with Gasteiger partial charge in [0.1, 0.15) is 5.71 Å². The lowest BCUT2D eigenvalue weighted by Crippen LogP contribution is -2.23. The molecule has 2 N–H and O–H groups in total. The van der Waals surface area contributed by atoms with Crippen molar-refractivity contribution < 1.29 is 14.3 Å². The second-order valence-corrected chi connectivity index (χ2v) is 4.81. The third-order valence-corrected chi connectivity index (χ3v) is 3.22. The van der Waals surface area contributed by atoms with Crippen LogP contribution in [-0.2, 0) is 20.7 Å². The number of nitrogens with zero attached hydrogens (tertiary/aromatic N) is 1. The third kappa shape index (κ3) is 3.94. The van der Waals surface area contributed by atoms with Crippen LogP contribution in [0.15, 0.2) is 35.6 Å². The molecule has 0 aliphatic heterocycles. The molecule has 2 aromatic rings. The average molecular weight is 301 g/mol. The number of benzene rings is 1. The van der Waals surface area contributed by atoms with Crippen molar-refractivity contribution in [2.45, 2.75) is 26.7 Å². The normalized spacial score (nSPS) is 11.5. The molecule has 22 heavy (non-hydrogen) atoms. The summed E-state index contributed by atoms with van der Waals surface area (Å²) in [7, 11) is 0. The Hall–Kier alpha value is -2.63. The molecule has 0 saturated heterocycles. The molecule has 0 bridgehead atoms. The van der Waals surface area contributed by atoms with E-state index in [0.29, 0.717) is 12.8 Å². The van der Waals surface area contributed by atoms with Crippen LogP contribution in [0.1, 0.15) is 25.8 Å². The Labute approximate surface area is 128 Å². The molecule has 0 spiro atoms. The second-order valence-electron chi connectivity index (χ2n) is 4.81. The van der Waals surface area contributed by atoms with E-state index in [2.05, 4.69) is 15.5 Å². The van der Waals surface area contributed by atoms with Crippen molar-refractivity contribution in [3.8, 4) is 0 Å². The van der Waals surface area contributed by atoms with Crippen molar-refractivity contribution in [2.24, 2.45) is 5.10 Å². The van der Waals surface area contributed by atoms with E-state index in [0.717, 1.165) is 16.5 Å². The Morgan fingerprint density at radius 3 is 2.86 bits per heavy atom. The first kappa shape index (κ1) is 15.8. The molecule has 2 rings (SSSR count). The van der Waals surface area contributed by atoms with Gasteiger partial charge < -0.3 is 9.72 Å². The molecule has 0 atom stereocenters. The smallest absolute Gasteiger partial charge is 0.354 e. The molecule has 0 unspecified atom stereocenters. The predicted octanol–water partition coefficient (Wildman–Crippen LogP) is 2.16. The summed E-state index contributed by atoms with van der Waals surface area (Å²) < 4.78 is 4.78. The summed E-state index contributed by atoms with van der Waals surface area (Å²) >= 11 is 0. The Kier molecular flexibility index (Phi) is 5.30. The van der Waals surface area contributed by atoms with Gasteiger partial charge >= 0.3 is 5.97 Å². The van der Waals surface area contributed by atoms with E-state index in [1.54, 1.807) is 6.92 Å². The maximum absolute atomic E-state index is 11.8. The molecule has 1 aromatic carbocycles. The highest BCUT2D eigenvalue weighted by Gasteiger charge is 2.09. The average Bonchev–Trinajstić information content (AvgIpc) is 2.94. The van der Waals surface area contributed by atoms with Gasteiger partial charge in [-0.25, -0.2) is 10.2 Å². The van der Waals surface area contributed by atoms with E-state index in [4.69, 9.17) is 4.74 Å². The summed E-state index contributed by atoms with van der Waals surface area (Å²) in [5.74, 6) is -0.770. The van der Waals surface area contributed by atoms with Gasteiger partial charge in [-0.1, -0.05) is 18.2 Å². The van der Waals surface area contributed by atoms with Crippen molar-refractivity contribution in [1.82, 2.24) is 10.4 Å². The minimum atomic E-state index is -0.528. The van der Waals surface area contributed by atoms with Gasteiger partial charge in [-0.3, -0.25) is 4.79 Å². The minimum Gasteiger partial charge on any atom is -0.461 e. The summed E-state index contributed by atoms with van der Waals surface area (Å²) in [5, 5.41) is 4.85. The number of ether oxygens (including phenoxy) is 1. The number of hydrogen-bond acceptors (Lipinski definition) is 4. The number of amides is 1. The van der Waals surface area contributed by atoms with Crippen LogP contribution in [0.4, 0.5) is 0 Å². The maximum atomic E-state index is 11.8. The fourth-order valence-electron chi connectivity index (χ4n) is 2.07. The molecule has 1 aromatic heterocycles. The fraction of sp³-hybridized carbons (Fsp3) is 0.312. The van der Waals surface area contributed by atoms with Crippen molar-refractivity contribution in [3.05, 3.63) is 36.0 Å². The number of aromatic nitrogens is 1. The fourth-order valence-corrected chi connectivity index (χ4v) is 2.07. The van der Waals surface area contributed by atoms with Crippen LogP contribution >= 0.6 is 0 Å². The van der Waals surface area contributed by atoms with E-state index >= 15 is 0 Å². The summed E-state index contributed by atoms with van der Waals surface area (Å²) in [5.41, 5.74) is 4.63. The lowest BCUT2D eigenvalue weighted by atomic mass is 10.1. The number of hydrazone groups is 1. The predicted molar refractivity (Wildman–Crippen MR) is 84.5 cm³/mol. The van der Waals surface area contributed by atoms with Crippen LogP contribution in [0.25, 0.3) is 10.9 Å². The first-order valence-electron chi connectivity index (χ1n) is 7.17. The monoisotopic (exact) mass is 301 g/mol. The number of aromatic amines is 1. The van der Waals surface area contributed by atoms with Crippen molar-refractivity contribution in [2.75, 3.05) is 6.61 Å². The molecule has 0 aliphatic rings. The van der Waals surface area contributed by atoms with E-state index in [1.807, 2.05) is 30.5 Å². The van der Waals surface area contributed by atoms with E-state index in [9.17, 15) is 9.59 Å². The summed E-state index contributed by atoms with van der Waals surface area (Å²) in [6.45, 7) is 3.49. The molecule has 0 saturated carbocycles. The number of carbonyl (C=O) groups is 2. The van der Waals surface area contributed by atoms with Gasteiger partial charge in [0.05, 0.1) is 6.61 Å². The zero-order valence-corrected chi connectivity index (χ0v) is 12.7. The number of H-pyrrole nitrogens is 1. The van der Waals surface area contributed by atoms with Crippen molar-refractivity contribution >= 4 is 28.5 Å². The molecular formula is C16H19N3O3. The minimum absolute atomic E-state index is 0.127. The van der Waals surface area contributed by atoms with Crippen LogP contribution in [0.3, 0.4) is 0 Å². The molecule has 6 nitrogen and oxygen atoms in total. The molecule has 1 heterocycles. The lowest BCUT2D eigenvalue weighted by Gasteiger charge is -2.02. The van der Waals surface area contributed by atoms with Crippen LogP contribution in [0, 0.1) is 0 Å². The quantitative estimate of drug-likeness (QED) is 0.487. The molecule has 116 valence electrons. The number of carbonyl (C=O) groups excluding carboxylic acids is 2. The van der Waals surface area contributed by atoms with E-state index < -0.39 is 5.97 Å². The number of esters is 1. The Morgan fingerprint density at radius 1 is 1.32 bits per heavy atom. The summed E-state index contributed by atoms with van der Waals surface area (Å²) in [6.07, 6.45) is 2.80. The number of nitrogens with one attached hydrogen (secondary N) is 2. The standard InChI is InChI=1S/C16H19N3O3/c1-3-22-16(21)11(2)18-19-15(20)9-8-12-10-17-14-7-5-4-6-13(12)14/h4-7,10,17H,3,8-9H2,1-2H3,(H,19,20)/b18-11+. The number of fused-ring (bicyclic) bond motifs is 1. The Balaban J connectivity index is 1.88. The van der Waals surface area contributed by atoms with Crippen LogP contribution < -0.4 is 5.43 Å². The first-order chi connectivity index (χ1) is 10.6. The van der Waals surface area contributed by atoms with Gasteiger partial charge in [0, 0.05) is 23.5 Å². The van der Waals surface area contributed by atoms with Crippen molar-refractivity contribution in [3.63, 3.8) is 0 Å². The van der Waals surface area contributed by atoms with Crippen LogP contribution in [0.2, 0.25) is 0 Å². The van der Waals surface area contributed by atoms with Gasteiger partial charge in [0.2, 0.25) is 5.91 Å². The molecule has 0 fully saturated rings. The van der Waals surface area contributed by atoms with Gasteiger partial charge in [0.15, 0.2) is 0 Å². The maximum Gasteiger partial charge on any atom is 0.354 e. The largest absolute Gasteiger partial charge is 0.461 e. The summed E-state index contributed by atoms with van der Waals surface area (Å²) in [6, 6.07) is 7.93. The molecule has 6 heteroatoms. The number of para-hydroxylation sites is 1. The van der Waals surface area contributed by atoms with E-state index in [-0.39, 0.29) is 18.2 Å². The van der Waals surface area contributed by atoms with Crippen molar-refractivity contribution in [1.29, 1.82) is 0 Å². The topological polar surface area (TPSA) is 83.5 Å². The molecule has 0 radical (unpaired) electrons. The number of aryl methyl sites for hydroxylation is 1. The Bertz CT molecular complexity index is 703. The highest BCUT2D eigenvalue weighted by Crippen LogP contribution is 2.18. The van der Waals surface area contributed by atoms with Gasteiger partial charge in [-0.2, -0.15) is 5.10 Å². The van der Waals surface area contributed by atoms with Gasteiger partial charge in [-0.15, -0.1) is 0 Å². The SMILES string of the molecule is CCOC(=O)/C(C)=N/NC(=O)CCc1c[nH]c2ccccc12.